The summed E-state index contributed by atoms with van der Waals surface area (Å²) in [5, 5.41) is 0. The van der Waals surface area contributed by atoms with Crippen molar-refractivity contribution < 1.29 is 35.5 Å². The Hall–Kier alpha value is -1.47. The zero-order valence-corrected chi connectivity index (χ0v) is 18.3. The van der Waals surface area contributed by atoms with Gasteiger partial charge in [-0.2, -0.15) is 0 Å². The number of hydrogen-bond donors (Lipinski definition) is 0. The van der Waals surface area contributed by atoms with Crippen molar-refractivity contribution in [3.63, 3.8) is 0 Å². The third kappa shape index (κ3) is 6.53. The van der Waals surface area contributed by atoms with Crippen molar-refractivity contribution in [2.75, 3.05) is 0 Å². The molecule has 0 aromatic heterocycles. The third-order valence-electron chi connectivity index (χ3n) is 7.33. The van der Waals surface area contributed by atoms with Gasteiger partial charge in [-0.15, -0.1) is 13.2 Å². The molecule has 2 aliphatic rings. The van der Waals surface area contributed by atoms with E-state index in [0.29, 0.717) is 24.7 Å². The van der Waals surface area contributed by atoms with Gasteiger partial charge in [-0.05, 0) is 74.3 Å². The van der Waals surface area contributed by atoms with Crippen molar-refractivity contribution in [3.8, 4) is 5.75 Å². The Morgan fingerprint density at radius 2 is 1.25 bits per heavy atom. The molecule has 2 aliphatic carbocycles. The molecule has 0 atom stereocenters. The van der Waals surface area contributed by atoms with Gasteiger partial charge in [-0.3, -0.25) is 0 Å². The molecule has 0 bridgehead atoms. The molecular formula is C24H31F7O. The van der Waals surface area contributed by atoms with E-state index >= 15 is 0 Å². The van der Waals surface area contributed by atoms with Crippen LogP contribution >= 0.6 is 0 Å². The topological polar surface area (TPSA) is 9.23 Å². The lowest BCUT2D eigenvalue weighted by Crippen LogP contribution is -2.28. The molecule has 3 rings (SSSR count). The minimum absolute atomic E-state index is 0.241. The van der Waals surface area contributed by atoms with E-state index in [2.05, 4.69) is 11.7 Å². The van der Waals surface area contributed by atoms with Crippen LogP contribution in [-0.2, 0) is 5.92 Å². The standard InChI is InChI=1S/C24H31F7O/c1-2-3-15-4-8-17(9-5-15)18-10-6-16(7-11-18)14-23(27,28)19-12-20(25)22(21(26)13-19)32-24(29,30)31/h12-13,15-18H,2-11,14H2,1H3. The summed E-state index contributed by atoms with van der Waals surface area (Å²) in [7, 11) is 0. The molecule has 0 heterocycles. The molecular weight excluding hydrogens is 437 g/mol. The van der Waals surface area contributed by atoms with Gasteiger partial charge < -0.3 is 4.74 Å². The van der Waals surface area contributed by atoms with Crippen LogP contribution in [0.25, 0.3) is 0 Å². The van der Waals surface area contributed by atoms with Crippen LogP contribution in [0, 0.1) is 35.3 Å². The second kappa shape index (κ2) is 10.2. The van der Waals surface area contributed by atoms with Crippen molar-refractivity contribution in [1.82, 2.24) is 0 Å². The predicted octanol–water partition coefficient (Wildman–Crippen LogP) is 8.76. The van der Waals surface area contributed by atoms with E-state index in [-0.39, 0.29) is 18.1 Å². The summed E-state index contributed by atoms with van der Waals surface area (Å²) in [4.78, 5) is 0. The van der Waals surface area contributed by atoms with Crippen molar-refractivity contribution in [2.45, 2.75) is 89.8 Å². The summed E-state index contributed by atoms with van der Waals surface area (Å²) in [5.41, 5.74) is -0.960. The quantitative estimate of drug-likeness (QED) is 0.364. The molecule has 0 amide bonds. The lowest BCUT2D eigenvalue weighted by Gasteiger charge is -2.38. The molecule has 0 saturated heterocycles. The Labute approximate surface area is 184 Å². The minimum Gasteiger partial charge on any atom is -0.399 e. The third-order valence-corrected chi connectivity index (χ3v) is 7.33. The van der Waals surface area contributed by atoms with Crippen molar-refractivity contribution >= 4 is 0 Å². The van der Waals surface area contributed by atoms with Gasteiger partial charge in [0.25, 0.3) is 5.92 Å². The molecule has 2 fully saturated rings. The van der Waals surface area contributed by atoms with E-state index < -0.39 is 41.7 Å². The monoisotopic (exact) mass is 468 g/mol. The Bertz CT molecular complexity index is 722. The molecule has 0 aliphatic heterocycles. The summed E-state index contributed by atoms with van der Waals surface area (Å²) in [6, 6.07) is 0.481. The summed E-state index contributed by atoms with van der Waals surface area (Å²) < 4.78 is 97.3. The first kappa shape index (κ1) is 25.2. The van der Waals surface area contributed by atoms with Crippen LogP contribution in [0.4, 0.5) is 30.7 Å². The normalized spacial score (nSPS) is 27.4. The number of benzene rings is 1. The van der Waals surface area contributed by atoms with Crippen LogP contribution in [0.3, 0.4) is 0 Å². The highest BCUT2D eigenvalue weighted by molar-refractivity contribution is 5.33. The summed E-state index contributed by atoms with van der Waals surface area (Å²) in [6.07, 6.45) is 4.55. The maximum absolute atomic E-state index is 14.7. The Balaban J connectivity index is 1.55. The molecule has 0 spiro atoms. The van der Waals surface area contributed by atoms with E-state index in [1.54, 1.807) is 0 Å². The molecule has 0 N–H and O–H groups in total. The molecule has 0 radical (unpaired) electrons. The average molecular weight is 468 g/mol. The highest BCUT2D eigenvalue weighted by Gasteiger charge is 2.40. The molecule has 182 valence electrons. The fourth-order valence-corrected chi connectivity index (χ4v) is 5.69. The van der Waals surface area contributed by atoms with E-state index in [1.165, 1.54) is 38.5 Å². The van der Waals surface area contributed by atoms with E-state index in [1.807, 2.05) is 0 Å². The Kier molecular flexibility index (Phi) is 8.02. The predicted molar refractivity (Wildman–Crippen MR) is 107 cm³/mol. The Morgan fingerprint density at radius 1 is 0.781 bits per heavy atom. The minimum atomic E-state index is -5.32. The van der Waals surface area contributed by atoms with Crippen molar-refractivity contribution in [2.24, 2.45) is 23.7 Å². The lowest BCUT2D eigenvalue weighted by molar-refractivity contribution is -0.276. The van der Waals surface area contributed by atoms with E-state index in [4.69, 9.17) is 0 Å². The van der Waals surface area contributed by atoms with Gasteiger partial charge in [-0.25, -0.2) is 17.6 Å². The highest BCUT2D eigenvalue weighted by atomic mass is 19.4. The van der Waals surface area contributed by atoms with Gasteiger partial charge in [-0.1, -0.05) is 32.6 Å². The van der Waals surface area contributed by atoms with Gasteiger partial charge >= 0.3 is 6.36 Å². The van der Waals surface area contributed by atoms with Gasteiger partial charge in [0.2, 0.25) is 5.75 Å². The number of hydrogen-bond acceptors (Lipinski definition) is 1. The summed E-state index contributed by atoms with van der Waals surface area (Å²) in [5.74, 6) is -7.08. The number of halogens is 7. The van der Waals surface area contributed by atoms with Crippen LogP contribution in [0.2, 0.25) is 0 Å². The smallest absolute Gasteiger partial charge is 0.399 e. The summed E-state index contributed by atoms with van der Waals surface area (Å²) >= 11 is 0. The number of alkyl halides is 5. The molecule has 2 saturated carbocycles. The first-order chi connectivity index (χ1) is 15.0. The fraction of sp³-hybridized carbons (Fsp3) is 0.750. The number of ether oxygens (including phenoxy) is 1. The van der Waals surface area contributed by atoms with Crippen LogP contribution in [0.5, 0.6) is 5.75 Å². The Morgan fingerprint density at radius 3 is 1.69 bits per heavy atom. The second-order valence-electron chi connectivity index (χ2n) is 9.58. The average Bonchev–Trinajstić information content (AvgIpc) is 2.71. The van der Waals surface area contributed by atoms with E-state index in [9.17, 15) is 30.7 Å². The van der Waals surface area contributed by atoms with Crippen molar-refractivity contribution in [1.29, 1.82) is 0 Å². The second-order valence-corrected chi connectivity index (χ2v) is 9.58. The SMILES string of the molecule is CCCC1CCC(C2CCC(CC(F)(F)c3cc(F)c(OC(F)(F)F)c(F)c3)CC2)CC1. The zero-order chi connectivity index (χ0) is 23.5. The van der Waals surface area contributed by atoms with Crippen LogP contribution < -0.4 is 4.74 Å². The van der Waals surface area contributed by atoms with Gasteiger partial charge in [0, 0.05) is 12.0 Å². The van der Waals surface area contributed by atoms with Crippen LogP contribution in [0.1, 0.15) is 83.1 Å². The maximum Gasteiger partial charge on any atom is 0.573 e. The highest BCUT2D eigenvalue weighted by Crippen LogP contribution is 2.46. The van der Waals surface area contributed by atoms with Gasteiger partial charge in [0.15, 0.2) is 11.6 Å². The fourth-order valence-electron chi connectivity index (χ4n) is 5.69. The van der Waals surface area contributed by atoms with Gasteiger partial charge in [0.1, 0.15) is 0 Å². The van der Waals surface area contributed by atoms with Crippen LogP contribution in [0.15, 0.2) is 12.1 Å². The maximum atomic E-state index is 14.7. The summed E-state index contributed by atoms with van der Waals surface area (Å²) in [6.45, 7) is 2.20. The molecule has 1 nitrogen and oxygen atoms in total. The molecule has 0 unspecified atom stereocenters. The van der Waals surface area contributed by atoms with Crippen molar-refractivity contribution in [3.05, 3.63) is 29.3 Å². The molecule has 1 aromatic carbocycles. The molecule has 1 aromatic rings. The number of rotatable bonds is 7. The lowest BCUT2D eigenvalue weighted by atomic mass is 9.68. The molecule has 32 heavy (non-hydrogen) atoms. The first-order valence-electron chi connectivity index (χ1n) is 11.6. The molecule has 8 heteroatoms. The largest absolute Gasteiger partial charge is 0.573 e. The first-order valence-corrected chi connectivity index (χ1v) is 11.6. The van der Waals surface area contributed by atoms with Gasteiger partial charge in [0.05, 0.1) is 0 Å². The zero-order valence-electron chi connectivity index (χ0n) is 18.3. The van der Waals surface area contributed by atoms with Crippen LogP contribution in [-0.4, -0.2) is 6.36 Å². The van der Waals surface area contributed by atoms with E-state index in [0.717, 1.165) is 18.8 Å².